The Labute approximate surface area is 170 Å². The monoisotopic (exact) mass is 431 g/mol. The van der Waals surface area contributed by atoms with Crippen LogP contribution in [0.5, 0.6) is 0 Å². The molecule has 2 fully saturated rings. The SMILES string of the molecule is Cl.O=C1C2=CCCCC2C(=O)N1c1cc(SC2(C(=O)O)CC2)c(Cl)cc1F. The number of allylic oxidation sites excluding steroid dienone is 1. The number of benzene rings is 1. The summed E-state index contributed by atoms with van der Waals surface area (Å²) in [4.78, 5) is 38.0. The molecule has 0 radical (unpaired) electrons. The van der Waals surface area contributed by atoms with Gasteiger partial charge in [-0.15, -0.1) is 24.2 Å². The predicted molar refractivity (Wildman–Crippen MR) is 102 cm³/mol. The Kier molecular flexibility index (Phi) is 5.31. The summed E-state index contributed by atoms with van der Waals surface area (Å²) in [5.41, 5.74) is 0.261. The van der Waals surface area contributed by atoms with E-state index in [4.69, 9.17) is 11.6 Å². The van der Waals surface area contributed by atoms with Crippen LogP contribution in [0.15, 0.2) is 28.7 Å². The molecule has 1 aromatic rings. The minimum Gasteiger partial charge on any atom is -0.480 e. The maximum Gasteiger partial charge on any atom is 0.320 e. The third kappa shape index (κ3) is 3.26. The highest BCUT2D eigenvalue weighted by molar-refractivity contribution is 8.01. The number of carboxylic acid groups (broad SMARTS) is 1. The first-order valence-corrected chi connectivity index (χ1v) is 9.53. The molecule has 1 unspecified atom stereocenters. The van der Waals surface area contributed by atoms with Crippen LogP contribution in [0.4, 0.5) is 10.1 Å². The van der Waals surface area contributed by atoms with E-state index in [-0.39, 0.29) is 23.1 Å². The van der Waals surface area contributed by atoms with E-state index in [0.717, 1.165) is 35.6 Å². The Bertz CT molecular complexity index is 884. The number of thioether (sulfide) groups is 1. The molecule has 4 rings (SSSR count). The lowest BCUT2D eigenvalue weighted by atomic mass is 9.90. The van der Waals surface area contributed by atoms with Crippen molar-refractivity contribution in [3.63, 3.8) is 0 Å². The predicted octanol–water partition coefficient (Wildman–Crippen LogP) is 4.21. The van der Waals surface area contributed by atoms with E-state index in [0.29, 0.717) is 29.7 Å². The molecular formula is C18H16Cl2FNO4S. The standard InChI is InChI=1S/C18H15ClFNO4S.ClH/c19-11-7-12(20)13(8-14(11)26-18(5-6-18)17(24)25)21-15(22)9-3-1-2-4-10(9)16(21)23;/h3,7-8,10H,1-2,4-6H2,(H,24,25);1H. The van der Waals surface area contributed by atoms with Gasteiger partial charge < -0.3 is 5.11 Å². The van der Waals surface area contributed by atoms with Gasteiger partial charge in [0.15, 0.2) is 0 Å². The zero-order chi connectivity index (χ0) is 18.6. The molecule has 1 atom stereocenters. The molecule has 1 aromatic carbocycles. The van der Waals surface area contributed by atoms with Gasteiger partial charge in [0.05, 0.1) is 16.6 Å². The number of carbonyl (C=O) groups excluding carboxylic acids is 2. The average molecular weight is 432 g/mol. The van der Waals surface area contributed by atoms with Crippen LogP contribution >= 0.6 is 35.8 Å². The third-order valence-electron chi connectivity index (χ3n) is 5.05. The Balaban J connectivity index is 0.00000210. The van der Waals surface area contributed by atoms with Crippen molar-refractivity contribution in [3.8, 4) is 0 Å². The van der Waals surface area contributed by atoms with Crippen LogP contribution in [0, 0.1) is 11.7 Å². The van der Waals surface area contributed by atoms with Crippen molar-refractivity contribution in [2.24, 2.45) is 5.92 Å². The van der Waals surface area contributed by atoms with Crippen LogP contribution in [0.1, 0.15) is 32.1 Å². The summed E-state index contributed by atoms with van der Waals surface area (Å²) in [6, 6.07) is 2.35. The normalized spacial score (nSPS) is 22.8. The Morgan fingerprint density at radius 1 is 1.33 bits per heavy atom. The maximum atomic E-state index is 14.5. The van der Waals surface area contributed by atoms with Crippen molar-refractivity contribution in [1.82, 2.24) is 0 Å². The summed E-state index contributed by atoms with van der Waals surface area (Å²) in [5, 5.41) is 9.42. The highest BCUT2D eigenvalue weighted by atomic mass is 35.5. The Morgan fingerprint density at radius 2 is 2.04 bits per heavy atom. The lowest BCUT2D eigenvalue weighted by molar-refractivity contribution is -0.137. The van der Waals surface area contributed by atoms with Gasteiger partial charge in [-0.3, -0.25) is 14.4 Å². The number of amides is 2. The van der Waals surface area contributed by atoms with Crippen molar-refractivity contribution < 1.29 is 23.9 Å². The second-order valence-corrected chi connectivity index (χ2v) is 8.59. The van der Waals surface area contributed by atoms with Gasteiger partial charge in [-0.05, 0) is 44.2 Å². The average Bonchev–Trinajstić information content (AvgIpc) is 3.35. The Hall–Kier alpha value is -1.57. The summed E-state index contributed by atoms with van der Waals surface area (Å²) in [5.74, 6) is -3.18. The van der Waals surface area contributed by atoms with Gasteiger partial charge in [-0.25, -0.2) is 9.29 Å². The van der Waals surface area contributed by atoms with Crippen LogP contribution in [-0.2, 0) is 14.4 Å². The van der Waals surface area contributed by atoms with E-state index in [1.807, 2.05) is 0 Å². The maximum absolute atomic E-state index is 14.5. The number of aliphatic carboxylic acids is 1. The molecule has 9 heteroatoms. The molecular weight excluding hydrogens is 416 g/mol. The quantitative estimate of drug-likeness (QED) is 0.722. The summed E-state index contributed by atoms with van der Waals surface area (Å²) in [7, 11) is 0. The van der Waals surface area contributed by atoms with Crippen LogP contribution in [0.3, 0.4) is 0 Å². The third-order valence-corrected chi connectivity index (χ3v) is 7.00. The van der Waals surface area contributed by atoms with E-state index >= 15 is 0 Å². The van der Waals surface area contributed by atoms with Crippen LogP contribution in [0.25, 0.3) is 0 Å². The van der Waals surface area contributed by atoms with Gasteiger partial charge in [0.2, 0.25) is 5.91 Å². The molecule has 2 aliphatic carbocycles. The fraction of sp³-hybridized carbons (Fsp3) is 0.389. The number of hydrogen-bond acceptors (Lipinski definition) is 4. The number of carboxylic acids is 1. The number of hydrogen-bond donors (Lipinski definition) is 1. The molecule has 27 heavy (non-hydrogen) atoms. The van der Waals surface area contributed by atoms with E-state index < -0.39 is 34.3 Å². The number of fused-ring (bicyclic) bond motifs is 1. The Morgan fingerprint density at radius 3 is 2.63 bits per heavy atom. The lowest BCUT2D eigenvalue weighted by Gasteiger charge is -2.18. The van der Waals surface area contributed by atoms with Gasteiger partial charge in [0.1, 0.15) is 10.6 Å². The molecule has 0 aromatic heterocycles. The van der Waals surface area contributed by atoms with Crippen LogP contribution in [-0.4, -0.2) is 27.6 Å². The van der Waals surface area contributed by atoms with Crippen molar-refractivity contribution in [2.75, 3.05) is 4.90 Å². The van der Waals surface area contributed by atoms with Gasteiger partial charge in [-0.2, -0.15) is 0 Å². The molecule has 1 heterocycles. The summed E-state index contributed by atoms with van der Waals surface area (Å²) >= 11 is 7.13. The number of rotatable bonds is 4. The molecule has 2 amide bonds. The zero-order valence-electron chi connectivity index (χ0n) is 14.0. The molecule has 5 nitrogen and oxygen atoms in total. The fourth-order valence-electron chi connectivity index (χ4n) is 3.43. The number of halogens is 3. The fourth-order valence-corrected chi connectivity index (χ4v) is 4.84. The molecule has 1 saturated heterocycles. The smallest absolute Gasteiger partial charge is 0.320 e. The van der Waals surface area contributed by atoms with Crippen molar-refractivity contribution in [2.45, 2.75) is 41.7 Å². The van der Waals surface area contributed by atoms with Gasteiger partial charge in [0, 0.05) is 10.5 Å². The minimum atomic E-state index is -0.964. The highest BCUT2D eigenvalue weighted by Crippen LogP contribution is 2.54. The molecule has 0 bridgehead atoms. The topological polar surface area (TPSA) is 74.7 Å². The summed E-state index contributed by atoms with van der Waals surface area (Å²) in [6.07, 6.45) is 4.85. The van der Waals surface area contributed by atoms with Crippen molar-refractivity contribution >= 4 is 59.2 Å². The first-order chi connectivity index (χ1) is 12.3. The number of anilines is 1. The number of imide groups is 1. The molecule has 3 aliphatic rings. The second-order valence-electron chi connectivity index (χ2n) is 6.76. The van der Waals surface area contributed by atoms with Crippen LogP contribution in [0.2, 0.25) is 5.02 Å². The molecule has 1 aliphatic heterocycles. The van der Waals surface area contributed by atoms with E-state index in [9.17, 15) is 23.9 Å². The molecule has 1 saturated carbocycles. The lowest BCUT2D eigenvalue weighted by Crippen LogP contribution is -2.31. The van der Waals surface area contributed by atoms with Gasteiger partial charge in [-0.1, -0.05) is 17.7 Å². The van der Waals surface area contributed by atoms with Crippen molar-refractivity contribution in [3.05, 3.63) is 34.6 Å². The van der Waals surface area contributed by atoms with Gasteiger partial charge >= 0.3 is 5.97 Å². The van der Waals surface area contributed by atoms with E-state index in [1.54, 1.807) is 6.08 Å². The number of carbonyl (C=O) groups is 3. The first-order valence-electron chi connectivity index (χ1n) is 8.34. The molecule has 0 spiro atoms. The first kappa shape index (κ1) is 20.2. The summed E-state index contributed by atoms with van der Waals surface area (Å²) < 4.78 is 13.6. The van der Waals surface area contributed by atoms with Crippen molar-refractivity contribution in [1.29, 1.82) is 0 Å². The van der Waals surface area contributed by atoms with Gasteiger partial charge in [0.25, 0.3) is 5.91 Å². The molecule has 1 N–H and O–H groups in total. The highest BCUT2D eigenvalue weighted by Gasteiger charge is 2.52. The second kappa shape index (κ2) is 7.11. The van der Waals surface area contributed by atoms with E-state index in [2.05, 4.69) is 0 Å². The summed E-state index contributed by atoms with van der Waals surface area (Å²) in [6.45, 7) is 0. The molecule has 144 valence electrons. The van der Waals surface area contributed by atoms with E-state index in [1.165, 1.54) is 6.07 Å². The minimum absolute atomic E-state index is 0. The largest absolute Gasteiger partial charge is 0.480 e. The number of nitrogens with zero attached hydrogens (tertiary/aromatic N) is 1. The van der Waals surface area contributed by atoms with Crippen LogP contribution < -0.4 is 4.90 Å². The zero-order valence-corrected chi connectivity index (χ0v) is 16.4.